The summed E-state index contributed by atoms with van der Waals surface area (Å²) in [4.78, 5) is 2.26. The van der Waals surface area contributed by atoms with E-state index in [4.69, 9.17) is 5.73 Å². The lowest BCUT2D eigenvalue weighted by Crippen LogP contribution is -2.39. The summed E-state index contributed by atoms with van der Waals surface area (Å²) in [5.41, 5.74) is 10.3. The number of anilines is 1. The van der Waals surface area contributed by atoms with Crippen molar-refractivity contribution >= 4 is 21.6 Å². The molecular weight excluding hydrogens is 326 g/mol. The van der Waals surface area contributed by atoms with Gasteiger partial charge in [-0.15, -0.1) is 0 Å². The second-order valence-corrected chi connectivity index (χ2v) is 5.99. The second kappa shape index (κ2) is 5.88. The van der Waals surface area contributed by atoms with E-state index in [2.05, 4.69) is 51.2 Å². The highest BCUT2D eigenvalue weighted by Gasteiger charge is 2.28. The monoisotopic (exact) mass is 341 g/mol. The minimum absolute atomic E-state index is 0.122. The van der Waals surface area contributed by atoms with Crippen molar-refractivity contribution in [2.75, 3.05) is 18.0 Å². The number of rotatable bonds is 2. The van der Waals surface area contributed by atoms with Gasteiger partial charge < -0.3 is 10.6 Å². The molecule has 1 unspecified atom stereocenters. The molecule has 1 heterocycles. The zero-order valence-electron chi connectivity index (χ0n) is 11.6. The Balaban J connectivity index is 2.09. The fourth-order valence-corrected chi connectivity index (χ4v) is 3.50. The topological polar surface area (TPSA) is 53.0 Å². The number of halogens is 1. The van der Waals surface area contributed by atoms with Gasteiger partial charge in [0.05, 0.1) is 17.3 Å². The van der Waals surface area contributed by atoms with Crippen molar-refractivity contribution in [2.45, 2.75) is 12.5 Å². The molecule has 0 amide bonds. The van der Waals surface area contributed by atoms with Crippen LogP contribution in [-0.4, -0.2) is 13.1 Å². The first-order valence-corrected chi connectivity index (χ1v) is 7.78. The first kappa shape index (κ1) is 14.1. The van der Waals surface area contributed by atoms with Crippen molar-refractivity contribution in [3.05, 3.63) is 63.6 Å². The first-order valence-electron chi connectivity index (χ1n) is 6.99. The normalized spacial score (nSPS) is 17.2. The summed E-state index contributed by atoms with van der Waals surface area (Å²) >= 11 is 3.47. The third kappa shape index (κ3) is 2.44. The maximum absolute atomic E-state index is 9.45. The van der Waals surface area contributed by atoms with E-state index in [-0.39, 0.29) is 6.04 Å². The first-order chi connectivity index (χ1) is 10.3. The lowest BCUT2D eigenvalue weighted by atomic mass is 9.91. The quantitative estimate of drug-likeness (QED) is 0.910. The molecule has 2 N–H and O–H groups in total. The Hall–Kier alpha value is -1.83. The molecule has 2 aromatic carbocycles. The Kier molecular flexibility index (Phi) is 3.96. The molecule has 4 heteroatoms. The van der Waals surface area contributed by atoms with Crippen LogP contribution in [0.1, 0.15) is 22.7 Å². The van der Waals surface area contributed by atoms with E-state index < -0.39 is 0 Å². The molecule has 0 saturated heterocycles. The van der Waals surface area contributed by atoms with Gasteiger partial charge in [-0.05, 0) is 45.6 Å². The Labute approximate surface area is 133 Å². The molecule has 0 radical (unpaired) electrons. The average Bonchev–Trinajstić information content (AvgIpc) is 2.53. The number of nitrogens with two attached hydrogens (primary N) is 1. The standard InChI is InChI=1S/C17H16BrN3/c18-15-6-3-7-16(14(15)10-19)21-9-8-12-4-1-2-5-13(12)17(21)11-20/h1-7,17H,8-9,11,20H2. The van der Waals surface area contributed by atoms with Crippen molar-refractivity contribution < 1.29 is 0 Å². The van der Waals surface area contributed by atoms with E-state index in [1.165, 1.54) is 11.1 Å². The van der Waals surface area contributed by atoms with Gasteiger partial charge in [0.25, 0.3) is 0 Å². The van der Waals surface area contributed by atoms with E-state index in [0.29, 0.717) is 12.1 Å². The van der Waals surface area contributed by atoms with E-state index in [1.807, 2.05) is 18.2 Å². The average molecular weight is 342 g/mol. The molecule has 21 heavy (non-hydrogen) atoms. The number of fused-ring (bicyclic) bond motifs is 1. The third-order valence-corrected chi connectivity index (χ3v) is 4.71. The van der Waals surface area contributed by atoms with Gasteiger partial charge in [-0.2, -0.15) is 5.26 Å². The zero-order valence-corrected chi connectivity index (χ0v) is 13.2. The predicted octanol–water partition coefficient (Wildman–Crippen LogP) is 3.38. The molecule has 0 aliphatic carbocycles. The summed E-state index contributed by atoms with van der Waals surface area (Å²) in [5.74, 6) is 0. The molecule has 1 aliphatic heterocycles. The molecule has 3 rings (SSSR count). The van der Waals surface area contributed by atoms with Crippen LogP contribution in [0.3, 0.4) is 0 Å². The maximum Gasteiger partial charge on any atom is 0.103 e. The van der Waals surface area contributed by atoms with Crippen molar-refractivity contribution in [3.63, 3.8) is 0 Å². The third-order valence-electron chi connectivity index (χ3n) is 4.05. The van der Waals surface area contributed by atoms with E-state index in [1.54, 1.807) is 0 Å². The predicted molar refractivity (Wildman–Crippen MR) is 88.1 cm³/mol. The molecule has 1 atom stereocenters. The van der Waals surface area contributed by atoms with Crippen LogP contribution < -0.4 is 10.6 Å². The van der Waals surface area contributed by atoms with Crippen LogP contribution in [0, 0.1) is 11.3 Å². The molecule has 0 fully saturated rings. The van der Waals surface area contributed by atoms with Gasteiger partial charge in [-0.3, -0.25) is 0 Å². The fourth-order valence-electron chi connectivity index (χ4n) is 3.06. The molecule has 0 aromatic heterocycles. The van der Waals surface area contributed by atoms with Crippen LogP contribution in [0.15, 0.2) is 46.9 Å². The molecule has 1 aliphatic rings. The zero-order chi connectivity index (χ0) is 14.8. The Bertz CT molecular complexity index is 705. The van der Waals surface area contributed by atoms with Gasteiger partial charge in [0.2, 0.25) is 0 Å². The summed E-state index contributed by atoms with van der Waals surface area (Å²) in [5, 5.41) is 9.45. The summed E-state index contributed by atoms with van der Waals surface area (Å²) in [7, 11) is 0. The van der Waals surface area contributed by atoms with Crippen molar-refractivity contribution in [1.82, 2.24) is 0 Å². The minimum Gasteiger partial charge on any atom is -0.362 e. The summed E-state index contributed by atoms with van der Waals surface area (Å²) in [6.45, 7) is 1.42. The van der Waals surface area contributed by atoms with Crippen LogP contribution in [0.4, 0.5) is 5.69 Å². The van der Waals surface area contributed by atoms with E-state index in [0.717, 1.165) is 23.1 Å². The Morgan fingerprint density at radius 3 is 2.81 bits per heavy atom. The number of hydrogen-bond donors (Lipinski definition) is 1. The number of benzene rings is 2. The summed E-state index contributed by atoms with van der Waals surface area (Å²) in [6, 6.07) is 16.7. The molecule has 106 valence electrons. The van der Waals surface area contributed by atoms with Gasteiger partial charge >= 0.3 is 0 Å². The molecule has 0 spiro atoms. The molecular formula is C17H16BrN3. The van der Waals surface area contributed by atoms with Crippen LogP contribution in [0.5, 0.6) is 0 Å². The van der Waals surface area contributed by atoms with Crippen LogP contribution >= 0.6 is 15.9 Å². The Morgan fingerprint density at radius 2 is 2.05 bits per heavy atom. The largest absolute Gasteiger partial charge is 0.362 e. The lowest BCUT2D eigenvalue weighted by molar-refractivity contribution is 0.590. The van der Waals surface area contributed by atoms with E-state index in [9.17, 15) is 5.26 Å². The Morgan fingerprint density at radius 1 is 1.24 bits per heavy atom. The molecule has 3 nitrogen and oxygen atoms in total. The highest BCUT2D eigenvalue weighted by molar-refractivity contribution is 9.10. The van der Waals surface area contributed by atoms with E-state index >= 15 is 0 Å². The van der Waals surface area contributed by atoms with Gasteiger partial charge in [0.1, 0.15) is 6.07 Å². The minimum atomic E-state index is 0.122. The van der Waals surface area contributed by atoms with Crippen LogP contribution in [0.2, 0.25) is 0 Å². The molecule has 0 saturated carbocycles. The van der Waals surface area contributed by atoms with Gasteiger partial charge in [0, 0.05) is 17.6 Å². The number of hydrogen-bond acceptors (Lipinski definition) is 3. The fraction of sp³-hybridized carbons (Fsp3) is 0.235. The van der Waals surface area contributed by atoms with Gasteiger partial charge in [0.15, 0.2) is 0 Å². The van der Waals surface area contributed by atoms with Crippen LogP contribution in [0.25, 0.3) is 0 Å². The van der Waals surface area contributed by atoms with Crippen LogP contribution in [-0.2, 0) is 6.42 Å². The van der Waals surface area contributed by atoms with Gasteiger partial charge in [-0.1, -0.05) is 30.3 Å². The highest BCUT2D eigenvalue weighted by atomic mass is 79.9. The molecule has 0 bridgehead atoms. The highest BCUT2D eigenvalue weighted by Crippen LogP contribution is 2.36. The molecule has 2 aromatic rings. The van der Waals surface area contributed by atoms with Crippen molar-refractivity contribution in [2.24, 2.45) is 5.73 Å². The SMILES string of the molecule is N#Cc1c(Br)cccc1N1CCc2ccccc2C1CN. The number of nitriles is 1. The second-order valence-electron chi connectivity index (χ2n) is 5.14. The summed E-state index contributed by atoms with van der Waals surface area (Å²) in [6.07, 6.45) is 0.976. The maximum atomic E-state index is 9.45. The van der Waals surface area contributed by atoms with Gasteiger partial charge in [-0.25, -0.2) is 0 Å². The van der Waals surface area contributed by atoms with Crippen molar-refractivity contribution in [3.8, 4) is 6.07 Å². The lowest BCUT2D eigenvalue weighted by Gasteiger charge is -2.39. The smallest absolute Gasteiger partial charge is 0.103 e. The summed E-state index contributed by atoms with van der Waals surface area (Å²) < 4.78 is 0.831. The van der Waals surface area contributed by atoms with Crippen molar-refractivity contribution in [1.29, 1.82) is 5.26 Å². The number of nitrogens with zero attached hydrogens (tertiary/aromatic N) is 2.